The number of rotatable bonds is 4. The number of thiophene rings is 1. The average molecular weight is 453 g/mol. The number of halogens is 1. The molecule has 0 radical (unpaired) electrons. The van der Waals surface area contributed by atoms with Crippen LogP contribution < -0.4 is 5.56 Å². The van der Waals surface area contributed by atoms with Gasteiger partial charge < -0.3 is 0 Å². The van der Waals surface area contributed by atoms with Gasteiger partial charge in [-0.25, -0.2) is 4.57 Å². The van der Waals surface area contributed by atoms with Crippen molar-refractivity contribution in [2.45, 2.75) is 24.8 Å². The molecule has 0 atom stereocenters. The second kappa shape index (κ2) is 7.58. The number of benzene rings is 2. The molecule has 0 saturated carbocycles. The Morgan fingerprint density at radius 2 is 1.90 bits per heavy atom. The highest BCUT2D eigenvalue weighted by Gasteiger charge is 2.19. The molecule has 30 heavy (non-hydrogen) atoms. The Balaban J connectivity index is 1.76. The van der Waals surface area contributed by atoms with Gasteiger partial charge in [0.25, 0.3) is 5.56 Å². The van der Waals surface area contributed by atoms with Crippen LogP contribution in [0.4, 0.5) is 0 Å². The van der Waals surface area contributed by atoms with Crippen LogP contribution in [0.5, 0.6) is 0 Å². The van der Waals surface area contributed by atoms with E-state index < -0.39 is 0 Å². The van der Waals surface area contributed by atoms with E-state index in [1.807, 2.05) is 72.8 Å². The van der Waals surface area contributed by atoms with Crippen molar-refractivity contribution in [3.05, 3.63) is 85.3 Å². The lowest BCUT2D eigenvalue weighted by atomic mass is 10.1. The molecule has 0 fully saturated rings. The minimum absolute atomic E-state index is 0.0965. The van der Waals surface area contributed by atoms with Crippen LogP contribution in [0, 0.1) is 13.8 Å². The first kappa shape index (κ1) is 19.4. The molecule has 0 saturated heterocycles. The van der Waals surface area contributed by atoms with Crippen molar-refractivity contribution in [1.29, 1.82) is 0 Å². The zero-order valence-electron chi connectivity index (χ0n) is 16.3. The maximum atomic E-state index is 13.5. The van der Waals surface area contributed by atoms with Crippen LogP contribution in [0.1, 0.15) is 16.0 Å². The zero-order valence-corrected chi connectivity index (χ0v) is 18.7. The molecule has 5 aromatic rings. The van der Waals surface area contributed by atoms with Crippen LogP contribution in [0.3, 0.4) is 0 Å². The SMILES string of the molecule is Cc1ccc(C)c(-n2c(=O)c3ccccc3n3c(SCc4ccc(Cl)s4)nnc23)c1. The summed E-state index contributed by atoms with van der Waals surface area (Å²) in [4.78, 5) is 14.6. The molecule has 8 heteroatoms. The summed E-state index contributed by atoms with van der Waals surface area (Å²) in [6.07, 6.45) is 0. The van der Waals surface area contributed by atoms with E-state index in [1.54, 1.807) is 27.7 Å². The summed E-state index contributed by atoms with van der Waals surface area (Å²) in [6.45, 7) is 4.02. The molecular weight excluding hydrogens is 436 g/mol. The Bertz CT molecular complexity index is 1470. The normalized spacial score (nSPS) is 11.6. The Morgan fingerprint density at radius 1 is 1.07 bits per heavy atom. The molecule has 0 bridgehead atoms. The van der Waals surface area contributed by atoms with Gasteiger partial charge in [0.05, 0.1) is 20.9 Å². The van der Waals surface area contributed by atoms with Crippen LogP contribution in [-0.2, 0) is 5.75 Å². The van der Waals surface area contributed by atoms with E-state index in [0.717, 1.165) is 42.5 Å². The first-order valence-corrected chi connectivity index (χ1v) is 11.5. The fraction of sp³-hybridized carbons (Fsp3) is 0.136. The smallest absolute Gasteiger partial charge is 0.267 e. The van der Waals surface area contributed by atoms with E-state index in [2.05, 4.69) is 10.2 Å². The molecule has 0 amide bonds. The van der Waals surface area contributed by atoms with Gasteiger partial charge in [-0.1, -0.05) is 47.6 Å². The van der Waals surface area contributed by atoms with Gasteiger partial charge in [0, 0.05) is 10.6 Å². The Labute approximate surface area is 186 Å². The van der Waals surface area contributed by atoms with Crippen LogP contribution >= 0.6 is 34.7 Å². The number of nitrogens with zero attached hydrogens (tertiary/aromatic N) is 4. The molecule has 5 nitrogen and oxygen atoms in total. The third kappa shape index (κ3) is 3.23. The molecule has 3 heterocycles. The quantitative estimate of drug-likeness (QED) is 0.330. The Morgan fingerprint density at radius 3 is 2.70 bits per heavy atom. The third-order valence-electron chi connectivity index (χ3n) is 4.97. The second-order valence-corrected chi connectivity index (χ2v) is 9.80. The average Bonchev–Trinajstić information content (AvgIpc) is 3.35. The summed E-state index contributed by atoms with van der Waals surface area (Å²) in [5, 5.41) is 10.2. The monoisotopic (exact) mass is 452 g/mol. The first-order valence-electron chi connectivity index (χ1n) is 9.36. The fourth-order valence-electron chi connectivity index (χ4n) is 3.51. The summed E-state index contributed by atoms with van der Waals surface area (Å²) in [5.74, 6) is 1.24. The van der Waals surface area contributed by atoms with Gasteiger partial charge in [0.2, 0.25) is 5.78 Å². The number of aryl methyl sites for hydroxylation is 2. The number of hydrogen-bond donors (Lipinski definition) is 0. The molecule has 150 valence electrons. The summed E-state index contributed by atoms with van der Waals surface area (Å²) in [6, 6.07) is 17.6. The minimum atomic E-state index is -0.0965. The molecule has 0 aliphatic heterocycles. The molecular formula is C22H17ClN4OS2. The molecule has 0 unspecified atom stereocenters. The van der Waals surface area contributed by atoms with Crippen molar-refractivity contribution in [3.63, 3.8) is 0 Å². The summed E-state index contributed by atoms with van der Waals surface area (Å²) < 4.78 is 4.41. The number of thioether (sulfide) groups is 1. The Kier molecular flexibility index (Phi) is 4.89. The van der Waals surface area contributed by atoms with E-state index in [1.165, 1.54) is 0 Å². The van der Waals surface area contributed by atoms with Gasteiger partial charge in [0.1, 0.15) is 0 Å². The van der Waals surface area contributed by atoms with Gasteiger partial charge in [-0.3, -0.25) is 9.20 Å². The van der Waals surface area contributed by atoms with E-state index >= 15 is 0 Å². The lowest BCUT2D eigenvalue weighted by Gasteiger charge is -2.14. The van der Waals surface area contributed by atoms with Crippen molar-refractivity contribution in [2.24, 2.45) is 0 Å². The number of aromatic nitrogens is 4. The zero-order chi connectivity index (χ0) is 20.8. The number of hydrogen-bond acceptors (Lipinski definition) is 5. The molecule has 0 spiro atoms. The highest BCUT2D eigenvalue weighted by Crippen LogP contribution is 2.30. The van der Waals surface area contributed by atoms with Gasteiger partial charge in [-0.15, -0.1) is 21.5 Å². The van der Waals surface area contributed by atoms with Crippen molar-refractivity contribution in [3.8, 4) is 5.69 Å². The van der Waals surface area contributed by atoms with Crippen LogP contribution in [0.25, 0.3) is 22.4 Å². The van der Waals surface area contributed by atoms with E-state index in [4.69, 9.17) is 11.6 Å². The maximum Gasteiger partial charge on any atom is 0.267 e. The van der Waals surface area contributed by atoms with Crippen molar-refractivity contribution in [2.75, 3.05) is 0 Å². The Hall–Kier alpha value is -2.61. The van der Waals surface area contributed by atoms with Crippen LogP contribution in [0.15, 0.2) is 64.5 Å². The highest BCUT2D eigenvalue weighted by molar-refractivity contribution is 7.98. The molecule has 0 N–H and O–H groups in total. The summed E-state index contributed by atoms with van der Waals surface area (Å²) >= 11 is 9.20. The van der Waals surface area contributed by atoms with Crippen molar-refractivity contribution in [1.82, 2.24) is 19.2 Å². The summed E-state index contributed by atoms with van der Waals surface area (Å²) in [5.41, 5.74) is 3.61. The number of fused-ring (bicyclic) bond motifs is 3. The van der Waals surface area contributed by atoms with Crippen molar-refractivity contribution < 1.29 is 0 Å². The molecule has 5 rings (SSSR count). The third-order valence-corrected chi connectivity index (χ3v) is 7.36. The largest absolute Gasteiger partial charge is 0.268 e. The molecule has 2 aromatic carbocycles. The van der Waals surface area contributed by atoms with Gasteiger partial charge in [-0.2, -0.15) is 0 Å². The van der Waals surface area contributed by atoms with Crippen molar-refractivity contribution >= 4 is 51.4 Å². The van der Waals surface area contributed by atoms with E-state index in [0.29, 0.717) is 11.2 Å². The van der Waals surface area contributed by atoms with Gasteiger partial charge in [-0.05, 0) is 55.3 Å². The van der Waals surface area contributed by atoms with Crippen LogP contribution in [-0.4, -0.2) is 19.2 Å². The predicted octanol–water partition coefficient (Wildman–Crippen LogP) is 5.66. The van der Waals surface area contributed by atoms with E-state index in [9.17, 15) is 4.79 Å². The highest BCUT2D eigenvalue weighted by atomic mass is 35.5. The summed E-state index contributed by atoms with van der Waals surface area (Å²) in [7, 11) is 0. The standard InChI is InChI=1S/C22H17ClN4OS2/c1-13-7-8-14(2)18(11-13)26-20(28)16-5-3-4-6-17(16)27-21(26)24-25-22(27)29-12-15-9-10-19(23)30-15/h3-11H,12H2,1-2H3. The molecule has 3 aromatic heterocycles. The number of para-hydroxylation sites is 1. The van der Waals surface area contributed by atoms with Gasteiger partial charge >= 0.3 is 0 Å². The lowest BCUT2D eigenvalue weighted by molar-refractivity contribution is 0.928. The fourth-order valence-corrected chi connectivity index (χ4v) is 5.59. The first-order chi connectivity index (χ1) is 14.5. The lowest BCUT2D eigenvalue weighted by Crippen LogP contribution is -2.22. The second-order valence-electron chi connectivity index (χ2n) is 7.06. The minimum Gasteiger partial charge on any atom is -0.268 e. The van der Waals surface area contributed by atoms with Gasteiger partial charge in [0.15, 0.2) is 5.16 Å². The topological polar surface area (TPSA) is 52.2 Å². The maximum absolute atomic E-state index is 13.5. The van der Waals surface area contributed by atoms with Crippen LogP contribution in [0.2, 0.25) is 4.34 Å². The molecule has 0 aliphatic rings. The molecule has 0 aliphatic carbocycles. The van der Waals surface area contributed by atoms with E-state index in [-0.39, 0.29) is 5.56 Å². The predicted molar refractivity (Wildman–Crippen MR) is 124 cm³/mol.